The van der Waals surface area contributed by atoms with Gasteiger partial charge < -0.3 is 10.4 Å². The number of thiophene rings is 1. The van der Waals surface area contributed by atoms with E-state index >= 15 is 0 Å². The van der Waals surface area contributed by atoms with E-state index in [-0.39, 0.29) is 18.2 Å². The van der Waals surface area contributed by atoms with Gasteiger partial charge in [-0.2, -0.15) is 0 Å². The topological polar surface area (TPSA) is 66.4 Å². The molecule has 0 aliphatic heterocycles. The number of halogens is 1. The summed E-state index contributed by atoms with van der Waals surface area (Å²) in [5.41, 5.74) is 0. The third-order valence-corrected chi connectivity index (χ3v) is 3.54. The normalized spacial score (nSPS) is 12.4. The monoisotopic (exact) mass is 289 g/mol. The zero-order valence-corrected chi connectivity index (χ0v) is 11.8. The Kier molecular flexibility index (Phi) is 5.62. The van der Waals surface area contributed by atoms with E-state index in [1.807, 2.05) is 13.8 Å². The molecule has 6 heteroatoms. The van der Waals surface area contributed by atoms with Crippen LogP contribution in [0.15, 0.2) is 12.1 Å². The summed E-state index contributed by atoms with van der Waals surface area (Å²) < 4.78 is 0.620. The van der Waals surface area contributed by atoms with Crippen molar-refractivity contribution >= 4 is 34.8 Å². The molecule has 2 N–H and O–H groups in total. The van der Waals surface area contributed by atoms with Crippen LogP contribution in [0.3, 0.4) is 0 Å². The fourth-order valence-electron chi connectivity index (χ4n) is 1.54. The maximum absolute atomic E-state index is 11.7. The van der Waals surface area contributed by atoms with E-state index in [0.29, 0.717) is 10.8 Å². The first-order valence-corrected chi connectivity index (χ1v) is 6.84. The minimum Gasteiger partial charge on any atom is -0.480 e. The number of hydrogen-bond acceptors (Lipinski definition) is 3. The fraction of sp³-hybridized carbons (Fsp3) is 0.500. The van der Waals surface area contributed by atoms with Gasteiger partial charge in [-0.25, -0.2) is 4.79 Å². The van der Waals surface area contributed by atoms with Crippen LogP contribution in [-0.2, 0) is 16.0 Å². The average Bonchev–Trinajstić information content (AvgIpc) is 2.62. The summed E-state index contributed by atoms with van der Waals surface area (Å²) in [5, 5.41) is 11.5. The number of carbonyl (C=O) groups excluding carboxylic acids is 1. The standard InChI is InChI=1S/C12H16ClNO3S/c1-7(2)5-9(12(16)17)14-11(15)6-8-3-4-10(13)18-8/h3-4,7,9H,5-6H2,1-2H3,(H,14,15)(H,16,17). The second-order valence-electron chi connectivity index (χ2n) is 4.47. The van der Waals surface area contributed by atoms with E-state index in [4.69, 9.17) is 16.7 Å². The molecule has 0 aliphatic carbocycles. The van der Waals surface area contributed by atoms with E-state index in [1.54, 1.807) is 12.1 Å². The zero-order chi connectivity index (χ0) is 13.7. The van der Waals surface area contributed by atoms with Crippen molar-refractivity contribution in [3.05, 3.63) is 21.3 Å². The summed E-state index contributed by atoms with van der Waals surface area (Å²) >= 11 is 7.08. The molecule has 0 fully saturated rings. The van der Waals surface area contributed by atoms with Crippen molar-refractivity contribution in [2.75, 3.05) is 0 Å². The van der Waals surface area contributed by atoms with Crippen molar-refractivity contribution in [3.63, 3.8) is 0 Å². The molecule has 0 radical (unpaired) electrons. The minimum atomic E-state index is -0.999. The van der Waals surface area contributed by atoms with Crippen molar-refractivity contribution < 1.29 is 14.7 Å². The summed E-state index contributed by atoms with van der Waals surface area (Å²) in [6.07, 6.45) is 0.589. The van der Waals surface area contributed by atoms with Crippen LogP contribution >= 0.6 is 22.9 Å². The highest BCUT2D eigenvalue weighted by Crippen LogP contribution is 2.21. The fourth-order valence-corrected chi connectivity index (χ4v) is 2.63. The van der Waals surface area contributed by atoms with Gasteiger partial charge in [0.2, 0.25) is 5.91 Å². The number of aliphatic carboxylic acids is 1. The van der Waals surface area contributed by atoms with Gasteiger partial charge >= 0.3 is 5.97 Å². The van der Waals surface area contributed by atoms with Crippen LogP contribution in [0.2, 0.25) is 4.34 Å². The molecule has 0 saturated carbocycles. The Morgan fingerprint density at radius 2 is 2.11 bits per heavy atom. The molecule has 1 atom stereocenters. The lowest BCUT2D eigenvalue weighted by atomic mass is 10.0. The molecule has 0 aliphatic rings. The molecular weight excluding hydrogens is 274 g/mol. The third-order valence-electron chi connectivity index (χ3n) is 2.30. The van der Waals surface area contributed by atoms with E-state index in [1.165, 1.54) is 11.3 Å². The van der Waals surface area contributed by atoms with Crippen molar-refractivity contribution in [2.45, 2.75) is 32.7 Å². The predicted octanol–water partition coefficient (Wildman–Crippen LogP) is 2.56. The van der Waals surface area contributed by atoms with Gasteiger partial charge in [0, 0.05) is 4.88 Å². The Balaban J connectivity index is 2.53. The second-order valence-corrected chi connectivity index (χ2v) is 6.27. The lowest BCUT2D eigenvalue weighted by Crippen LogP contribution is -2.42. The largest absolute Gasteiger partial charge is 0.480 e. The maximum atomic E-state index is 11.7. The van der Waals surface area contributed by atoms with Gasteiger partial charge in [-0.15, -0.1) is 11.3 Å². The summed E-state index contributed by atoms with van der Waals surface area (Å²) in [7, 11) is 0. The van der Waals surface area contributed by atoms with Crippen LogP contribution in [0.5, 0.6) is 0 Å². The number of nitrogens with one attached hydrogen (secondary N) is 1. The van der Waals surface area contributed by atoms with Gasteiger partial charge in [-0.1, -0.05) is 25.4 Å². The lowest BCUT2D eigenvalue weighted by molar-refractivity contribution is -0.142. The molecule has 0 bridgehead atoms. The Morgan fingerprint density at radius 3 is 2.56 bits per heavy atom. The Hall–Kier alpha value is -1.07. The molecular formula is C12H16ClNO3S. The molecule has 0 aromatic carbocycles. The molecule has 1 amide bonds. The number of carbonyl (C=O) groups is 2. The predicted molar refractivity (Wildman–Crippen MR) is 72.1 cm³/mol. The summed E-state index contributed by atoms with van der Waals surface area (Å²) in [6.45, 7) is 3.84. The lowest BCUT2D eigenvalue weighted by Gasteiger charge is -2.16. The molecule has 0 saturated heterocycles. The molecule has 1 aromatic heterocycles. The molecule has 1 aromatic rings. The Bertz CT molecular complexity index is 431. The highest BCUT2D eigenvalue weighted by molar-refractivity contribution is 7.16. The van der Waals surface area contributed by atoms with Crippen LogP contribution < -0.4 is 5.32 Å². The minimum absolute atomic E-state index is 0.166. The Morgan fingerprint density at radius 1 is 1.44 bits per heavy atom. The van der Waals surface area contributed by atoms with Crippen LogP contribution in [-0.4, -0.2) is 23.0 Å². The SMILES string of the molecule is CC(C)CC(NC(=O)Cc1ccc(Cl)s1)C(=O)O. The first-order chi connectivity index (χ1) is 8.38. The molecule has 18 heavy (non-hydrogen) atoms. The van der Waals surface area contributed by atoms with Crippen molar-refractivity contribution in [3.8, 4) is 0 Å². The molecule has 0 spiro atoms. The van der Waals surface area contributed by atoms with Gasteiger partial charge in [0.25, 0.3) is 0 Å². The summed E-state index contributed by atoms with van der Waals surface area (Å²) in [4.78, 5) is 23.5. The molecule has 1 unspecified atom stereocenters. The first-order valence-electron chi connectivity index (χ1n) is 5.65. The smallest absolute Gasteiger partial charge is 0.326 e. The van der Waals surface area contributed by atoms with Crippen LogP contribution in [0.1, 0.15) is 25.1 Å². The number of carboxylic acids is 1. The van der Waals surface area contributed by atoms with Crippen LogP contribution in [0.4, 0.5) is 0 Å². The second kappa shape index (κ2) is 6.75. The van der Waals surface area contributed by atoms with Crippen LogP contribution in [0.25, 0.3) is 0 Å². The third kappa shape index (κ3) is 5.06. The molecule has 100 valence electrons. The molecule has 1 rings (SSSR count). The van der Waals surface area contributed by atoms with Gasteiger partial charge in [-0.3, -0.25) is 4.79 Å². The number of rotatable bonds is 6. The number of hydrogen-bond donors (Lipinski definition) is 2. The summed E-state index contributed by atoms with van der Waals surface area (Å²) in [6, 6.07) is 2.66. The number of amides is 1. The van der Waals surface area contributed by atoms with Crippen LogP contribution in [0, 0.1) is 5.92 Å². The molecule has 1 heterocycles. The van der Waals surface area contributed by atoms with Crippen molar-refractivity contribution in [2.24, 2.45) is 5.92 Å². The van der Waals surface area contributed by atoms with Gasteiger partial charge in [0.1, 0.15) is 6.04 Å². The van der Waals surface area contributed by atoms with E-state index < -0.39 is 12.0 Å². The van der Waals surface area contributed by atoms with Gasteiger partial charge in [0.15, 0.2) is 0 Å². The number of carboxylic acid groups (broad SMARTS) is 1. The van der Waals surface area contributed by atoms with Crippen molar-refractivity contribution in [1.29, 1.82) is 0 Å². The summed E-state index contributed by atoms with van der Waals surface area (Å²) in [5.74, 6) is -1.08. The highest BCUT2D eigenvalue weighted by atomic mass is 35.5. The molecule has 4 nitrogen and oxygen atoms in total. The van der Waals surface area contributed by atoms with E-state index in [9.17, 15) is 9.59 Å². The first kappa shape index (κ1) is 15.0. The highest BCUT2D eigenvalue weighted by Gasteiger charge is 2.21. The quantitative estimate of drug-likeness (QED) is 0.846. The van der Waals surface area contributed by atoms with Gasteiger partial charge in [0.05, 0.1) is 10.8 Å². The van der Waals surface area contributed by atoms with E-state index in [2.05, 4.69) is 5.32 Å². The maximum Gasteiger partial charge on any atom is 0.326 e. The van der Waals surface area contributed by atoms with E-state index in [0.717, 1.165) is 4.88 Å². The van der Waals surface area contributed by atoms with Gasteiger partial charge in [-0.05, 0) is 24.5 Å². The van der Waals surface area contributed by atoms with Crippen molar-refractivity contribution in [1.82, 2.24) is 5.32 Å². The average molecular weight is 290 g/mol. The zero-order valence-electron chi connectivity index (χ0n) is 10.3. The Labute approximate surface area is 115 Å².